The van der Waals surface area contributed by atoms with Crippen LogP contribution in [0.15, 0.2) is 11.5 Å². The van der Waals surface area contributed by atoms with E-state index in [0.717, 1.165) is 0 Å². The van der Waals surface area contributed by atoms with Crippen molar-refractivity contribution in [3.8, 4) is 0 Å². The number of anilines is 1. The fourth-order valence-electron chi connectivity index (χ4n) is 0.799. The molecule has 0 atom stereocenters. The molecule has 1 radical (unpaired) electrons. The van der Waals surface area contributed by atoms with Gasteiger partial charge in [0.2, 0.25) is 6.29 Å². The van der Waals surface area contributed by atoms with Crippen LogP contribution in [0.1, 0.15) is 12.1 Å². The number of nitrogens with two attached hydrogens (primary N) is 1. The molecule has 14 heavy (non-hydrogen) atoms. The number of aromatic nitrogens is 1. The van der Waals surface area contributed by atoms with Gasteiger partial charge in [-0.3, -0.25) is 9.59 Å². The number of rotatable bonds is 4. The summed E-state index contributed by atoms with van der Waals surface area (Å²) >= 11 is 1.18. The summed E-state index contributed by atoms with van der Waals surface area (Å²) in [6.07, 6.45) is 2.64. The van der Waals surface area contributed by atoms with Gasteiger partial charge in [0.15, 0.2) is 5.13 Å². The third-order valence-electron chi connectivity index (χ3n) is 1.39. The van der Waals surface area contributed by atoms with Crippen LogP contribution in [0.4, 0.5) is 5.13 Å². The number of hydrogen-bond donors (Lipinski definition) is 2. The van der Waals surface area contributed by atoms with Crippen molar-refractivity contribution in [2.45, 2.75) is 6.42 Å². The van der Waals surface area contributed by atoms with E-state index in [1.165, 1.54) is 17.4 Å². The molecule has 0 unspecified atom stereocenters. The summed E-state index contributed by atoms with van der Waals surface area (Å²) in [4.78, 5) is 24.5. The van der Waals surface area contributed by atoms with Crippen LogP contribution in [-0.2, 0) is 9.59 Å². The number of allylic oxidation sites excluding steroid dienone is 1. The Morgan fingerprint density at radius 2 is 2.50 bits per heavy atom. The molecular formula is C8H7N2O3S. The number of nitrogens with zero attached hydrogens (tertiary/aromatic N) is 1. The van der Waals surface area contributed by atoms with Gasteiger partial charge in [-0.1, -0.05) is 6.08 Å². The highest BCUT2D eigenvalue weighted by atomic mass is 32.1. The molecule has 1 aromatic heterocycles. The van der Waals surface area contributed by atoms with Gasteiger partial charge in [0.25, 0.3) is 0 Å². The first-order valence-electron chi connectivity index (χ1n) is 3.65. The third kappa shape index (κ3) is 2.67. The van der Waals surface area contributed by atoms with Crippen molar-refractivity contribution in [3.05, 3.63) is 17.2 Å². The van der Waals surface area contributed by atoms with Crippen molar-refractivity contribution in [1.82, 2.24) is 4.98 Å². The molecule has 0 amide bonds. The number of nitrogen functional groups attached to an aromatic ring is 1. The van der Waals surface area contributed by atoms with E-state index in [4.69, 9.17) is 10.8 Å². The number of hydrogen-bond acceptors (Lipinski definition) is 5. The average Bonchev–Trinajstić information content (AvgIpc) is 2.53. The summed E-state index contributed by atoms with van der Waals surface area (Å²) in [5.74, 6) is -1.01. The Bertz CT molecular complexity index is 384. The maximum absolute atomic E-state index is 10.5. The van der Waals surface area contributed by atoms with E-state index in [0.29, 0.717) is 10.8 Å². The lowest BCUT2D eigenvalue weighted by Crippen LogP contribution is -1.94. The first-order chi connectivity index (χ1) is 6.63. The lowest BCUT2D eigenvalue weighted by atomic mass is 10.2. The molecule has 0 aliphatic carbocycles. The predicted molar refractivity (Wildman–Crippen MR) is 52.4 cm³/mol. The highest BCUT2D eigenvalue weighted by Gasteiger charge is 2.06. The Kier molecular flexibility index (Phi) is 3.35. The zero-order chi connectivity index (χ0) is 10.6. The second kappa shape index (κ2) is 4.52. The predicted octanol–water partition coefficient (Wildman–Crippen LogP) is 0.693. The van der Waals surface area contributed by atoms with Gasteiger partial charge in [-0.05, 0) is 0 Å². The zero-order valence-corrected chi connectivity index (χ0v) is 7.87. The minimum absolute atomic E-state index is 0.125. The summed E-state index contributed by atoms with van der Waals surface area (Å²) in [6.45, 7) is 0. The van der Waals surface area contributed by atoms with Gasteiger partial charge in [0.05, 0.1) is 12.1 Å². The number of carbonyl (C=O) groups excluding carboxylic acids is 1. The molecule has 0 spiro atoms. The Hall–Kier alpha value is -1.69. The van der Waals surface area contributed by atoms with Gasteiger partial charge in [0.1, 0.15) is 0 Å². The number of carbonyl (C=O) groups is 1. The molecule has 0 aliphatic rings. The minimum Gasteiger partial charge on any atom is -0.481 e. The SMILES string of the molecule is Nc1nc(/C([C]=O)=C\CC(=O)O)cs1. The highest BCUT2D eigenvalue weighted by Crippen LogP contribution is 2.17. The van der Waals surface area contributed by atoms with Crippen LogP contribution < -0.4 is 5.73 Å². The summed E-state index contributed by atoms with van der Waals surface area (Å²) in [5, 5.41) is 10.3. The Morgan fingerprint density at radius 1 is 1.79 bits per heavy atom. The average molecular weight is 211 g/mol. The zero-order valence-electron chi connectivity index (χ0n) is 7.06. The van der Waals surface area contributed by atoms with Gasteiger partial charge >= 0.3 is 5.97 Å². The van der Waals surface area contributed by atoms with E-state index in [1.54, 1.807) is 11.7 Å². The smallest absolute Gasteiger partial charge is 0.307 e. The van der Waals surface area contributed by atoms with Crippen molar-refractivity contribution >= 4 is 34.3 Å². The molecule has 5 nitrogen and oxygen atoms in total. The fourth-order valence-corrected chi connectivity index (χ4v) is 1.36. The summed E-state index contributed by atoms with van der Waals surface area (Å²) in [5.41, 5.74) is 5.85. The summed E-state index contributed by atoms with van der Waals surface area (Å²) < 4.78 is 0. The molecule has 6 heteroatoms. The van der Waals surface area contributed by atoms with E-state index in [2.05, 4.69) is 4.98 Å². The second-order valence-corrected chi connectivity index (χ2v) is 3.28. The van der Waals surface area contributed by atoms with Gasteiger partial charge in [0, 0.05) is 11.0 Å². The Labute approximate surface area is 83.9 Å². The standard InChI is InChI=1S/C8H7N2O3S/c9-8-10-6(4-14-8)5(3-11)1-2-7(12)13/h1,4H,2H2,(H2,9,10)(H,12,13)/b5-1-. The van der Waals surface area contributed by atoms with Gasteiger partial charge in [-0.2, -0.15) is 0 Å². The Balaban J connectivity index is 2.86. The van der Waals surface area contributed by atoms with Crippen LogP contribution in [0, 0.1) is 0 Å². The summed E-state index contributed by atoms with van der Waals surface area (Å²) in [6, 6.07) is 0. The fraction of sp³-hybridized carbons (Fsp3) is 0.125. The molecule has 3 N–H and O–H groups in total. The number of carboxylic acid groups (broad SMARTS) is 1. The first kappa shape index (κ1) is 10.4. The molecule has 0 fully saturated rings. The van der Waals surface area contributed by atoms with Gasteiger partial charge in [-0.15, -0.1) is 11.3 Å². The quantitative estimate of drug-likeness (QED) is 0.715. The molecule has 0 saturated heterocycles. The lowest BCUT2D eigenvalue weighted by Gasteiger charge is -1.91. The first-order valence-corrected chi connectivity index (χ1v) is 4.53. The van der Waals surface area contributed by atoms with Crippen LogP contribution >= 0.6 is 11.3 Å². The molecule has 1 aromatic rings. The maximum atomic E-state index is 10.5. The van der Waals surface area contributed by atoms with Gasteiger partial charge in [-0.25, -0.2) is 4.98 Å². The van der Waals surface area contributed by atoms with Crippen molar-refractivity contribution in [3.63, 3.8) is 0 Å². The molecule has 0 aromatic carbocycles. The highest BCUT2D eigenvalue weighted by molar-refractivity contribution is 7.13. The van der Waals surface area contributed by atoms with E-state index in [1.807, 2.05) is 0 Å². The van der Waals surface area contributed by atoms with Gasteiger partial charge < -0.3 is 10.8 Å². The topological polar surface area (TPSA) is 93.3 Å². The van der Waals surface area contributed by atoms with Crippen molar-refractivity contribution in [2.24, 2.45) is 0 Å². The normalized spacial score (nSPS) is 11.3. The Morgan fingerprint density at radius 3 is 2.93 bits per heavy atom. The van der Waals surface area contributed by atoms with E-state index in [9.17, 15) is 9.59 Å². The maximum Gasteiger partial charge on any atom is 0.307 e. The van der Waals surface area contributed by atoms with E-state index in [-0.39, 0.29) is 12.0 Å². The van der Waals surface area contributed by atoms with Crippen molar-refractivity contribution < 1.29 is 14.7 Å². The van der Waals surface area contributed by atoms with Crippen molar-refractivity contribution in [2.75, 3.05) is 5.73 Å². The minimum atomic E-state index is -1.01. The van der Waals surface area contributed by atoms with E-state index >= 15 is 0 Å². The van der Waals surface area contributed by atoms with E-state index < -0.39 is 5.97 Å². The van der Waals surface area contributed by atoms with Crippen LogP contribution in [-0.4, -0.2) is 22.3 Å². The molecule has 0 saturated carbocycles. The number of thiazole rings is 1. The molecule has 1 rings (SSSR count). The lowest BCUT2D eigenvalue weighted by molar-refractivity contribution is -0.135. The monoisotopic (exact) mass is 211 g/mol. The molecule has 73 valence electrons. The van der Waals surface area contributed by atoms with Crippen LogP contribution in [0.25, 0.3) is 5.57 Å². The molecule has 0 bridgehead atoms. The summed E-state index contributed by atoms with van der Waals surface area (Å²) in [7, 11) is 0. The number of carboxylic acids is 1. The van der Waals surface area contributed by atoms with Crippen molar-refractivity contribution in [1.29, 1.82) is 0 Å². The van der Waals surface area contributed by atoms with Crippen LogP contribution in [0.5, 0.6) is 0 Å². The molecular weight excluding hydrogens is 204 g/mol. The van der Waals surface area contributed by atoms with Crippen LogP contribution in [0.2, 0.25) is 0 Å². The molecule has 0 aliphatic heterocycles. The number of aliphatic carboxylic acids is 1. The van der Waals surface area contributed by atoms with Crippen LogP contribution in [0.3, 0.4) is 0 Å². The second-order valence-electron chi connectivity index (χ2n) is 2.39. The molecule has 1 heterocycles. The third-order valence-corrected chi connectivity index (χ3v) is 2.06. The largest absolute Gasteiger partial charge is 0.481 e.